The molecule has 5 nitrogen and oxygen atoms in total. The van der Waals surface area contributed by atoms with Gasteiger partial charge in [-0.05, 0) is 12.8 Å². The fourth-order valence-corrected chi connectivity index (χ4v) is 6.53. The first-order valence-electron chi connectivity index (χ1n) is 14.8. The first-order chi connectivity index (χ1) is 17.6. The number of nitrogens with zero attached hydrogens (tertiary/aromatic N) is 1. The molecule has 1 rings (SSSR count). The Morgan fingerprint density at radius 2 is 1.33 bits per heavy atom. The molecule has 0 aliphatic rings. The Kier molecular flexibility index (Phi) is 22.0. The molecule has 0 radical (unpaired) electrons. The van der Waals surface area contributed by atoms with Gasteiger partial charge in [-0.3, -0.25) is 0 Å². The SMILES string of the molecule is CCCCCCCCCCCCCCCCCCOCC(CCS(=O)(=O)CCC[n+]1ccsc1)OC. The molecule has 0 bridgehead atoms. The molecule has 1 aromatic heterocycles. The van der Waals surface area contributed by atoms with Crippen LogP contribution in [0.15, 0.2) is 17.1 Å². The monoisotopic (exact) mass is 546 g/mol. The molecule has 0 aromatic carbocycles. The summed E-state index contributed by atoms with van der Waals surface area (Å²) < 4.78 is 37.9. The van der Waals surface area contributed by atoms with Crippen molar-refractivity contribution in [3.63, 3.8) is 0 Å². The fraction of sp³-hybridized carbons (Fsp3) is 0.897. The standard InChI is InChI=1S/C29H56NO4S2/c1-3-4-5-6-7-8-9-10-11-12-13-14-15-16-17-18-23-34-27-29(33-2)20-26-36(31,32)25-19-21-30-22-24-35-28-30/h22,24,28-29H,3-21,23,25-27H2,1-2H3/q+1. The van der Waals surface area contributed by atoms with E-state index in [1.54, 1.807) is 18.4 Å². The molecule has 212 valence electrons. The molecule has 7 heteroatoms. The maximum atomic E-state index is 12.3. The van der Waals surface area contributed by atoms with Gasteiger partial charge >= 0.3 is 0 Å². The number of unbranched alkanes of at least 4 members (excludes halogenated alkanes) is 15. The van der Waals surface area contributed by atoms with E-state index in [4.69, 9.17) is 9.47 Å². The third-order valence-electron chi connectivity index (χ3n) is 6.93. The number of ether oxygens (including phenoxy) is 2. The van der Waals surface area contributed by atoms with Crippen molar-refractivity contribution in [3.05, 3.63) is 17.1 Å². The van der Waals surface area contributed by atoms with Crippen LogP contribution in [0.2, 0.25) is 0 Å². The maximum absolute atomic E-state index is 12.3. The molecule has 0 saturated heterocycles. The molecule has 0 saturated carbocycles. The Balaban J connectivity index is 1.87. The van der Waals surface area contributed by atoms with Gasteiger partial charge in [0, 0.05) is 20.1 Å². The largest absolute Gasteiger partial charge is 0.379 e. The Hall–Kier alpha value is -0.500. The van der Waals surface area contributed by atoms with Crippen molar-refractivity contribution in [1.29, 1.82) is 0 Å². The zero-order valence-electron chi connectivity index (χ0n) is 23.5. The third-order valence-corrected chi connectivity index (χ3v) is 9.37. The van der Waals surface area contributed by atoms with E-state index in [2.05, 4.69) is 6.92 Å². The summed E-state index contributed by atoms with van der Waals surface area (Å²) in [5.74, 6) is 0.397. The van der Waals surface area contributed by atoms with E-state index in [0.717, 1.165) is 19.6 Å². The van der Waals surface area contributed by atoms with Crippen molar-refractivity contribution in [1.82, 2.24) is 0 Å². The predicted octanol–water partition coefficient (Wildman–Crippen LogP) is 7.52. The van der Waals surface area contributed by atoms with Crippen LogP contribution in [0, 0.1) is 0 Å². The molecule has 36 heavy (non-hydrogen) atoms. The predicted molar refractivity (Wildman–Crippen MR) is 154 cm³/mol. The van der Waals surface area contributed by atoms with Crippen LogP contribution in [-0.4, -0.2) is 46.4 Å². The average Bonchev–Trinajstić information content (AvgIpc) is 3.38. The minimum Gasteiger partial charge on any atom is -0.379 e. The van der Waals surface area contributed by atoms with E-state index >= 15 is 0 Å². The lowest BCUT2D eigenvalue weighted by Gasteiger charge is -2.15. The quantitative estimate of drug-likeness (QED) is 0.0845. The first-order valence-corrected chi connectivity index (χ1v) is 17.6. The Labute approximate surface area is 227 Å². The molecular weight excluding hydrogens is 490 g/mol. The van der Waals surface area contributed by atoms with Crippen LogP contribution >= 0.6 is 11.3 Å². The zero-order valence-corrected chi connectivity index (χ0v) is 25.1. The Morgan fingerprint density at radius 3 is 1.83 bits per heavy atom. The van der Waals surface area contributed by atoms with Gasteiger partial charge in [0.1, 0.15) is 6.54 Å². The first kappa shape index (κ1) is 33.5. The fourth-order valence-electron chi connectivity index (χ4n) is 4.51. The molecule has 1 aromatic rings. The summed E-state index contributed by atoms with van der Waals surface area (Å²) in [6.07, 6.45) is 24.8. The number of aromatic nitrogens is 1. The molecule has 1 unspecified atom stereocenters. The van der Waals surface area contributed by atoms with E-state index in [1.165, 1.54) is 96.3 Å². The minimum absolute atomic E-state index is 0.146. The van der Waals surface area contributed by atoms with Crippen molar-refractivity contribution in [2.75, 3.05) is 31.8 Å². The van der Waals surface area contributed by atoms with Gasteiger partial charge < -0.3 is 9.47 Å². The second-order valence-corrected chi connectivity index (χ2v) is 13.4. The average molecular weight is 547 g/mol. The molecular formula is C29H56NO4S2+. The molecule has 0 aliphatic heterocycles. The molecule has 0 spiro atoms. The van der Waals surface area contributed by atoms with Gasteiger partial charge in [-0.15, -0.1) is 0 Å². The second kappa shape index (κ2) is 23.6. The second-order valence-electron chi connectivity index (χ2n) is 10.3. The molecule has 0 amide bonds. The lowest BCUT2D eigenvalue weighted by atomic mass is 10.0. The summed E-state index contributed by atoms with van der Waals surface area (Å²) in [4.78, 5) is 0. The summed E-state index contributed by atoms with van der Waals surface area (Å²) in [7, 11) is -1.41. The zero-order chi connectivity index (χ0) is 26.2. The van der Waals surface area contributed by atoms with Crippen molar-refractivity contribution in [2.45, 2.75) is 135 Å². The highest BCUT2D eigenvalue weighted by molar-refractivity contribution is 7.91. The molecule has 0 aliphatic carbocycles. The van der Waals surface area contributed by atoms with E-state index in [9.17, 15) is 8.42 Å². The van der Waals surface area contributed by atoms with Crippen LogP contribution < -0.4 is 4.57 Å². The van der Waals surface area contributed by atoms with E-state index in [-0.39, 0.29) is 17.6 Å². The summed E-state index contributed by atoms with van der Waals surface area (Å²) in [5, 5.41) is 2.00. The number of rotatable bonds is 27. The van der Waals surface area contributed by atoms with Gasteiger partial charge in [0.05, 0.1) is 29.6 Å². The van der Waals surface area contributed by atoms with Gasteiger partial charge in [0.2, 0.25) is 5.51 Å². The van der Waals surface area contributed by atoms with Crippen molar-refractivity contribution in [2.24, 2.45) is 0 Å². The summed E-state index contributed by atoms with van der Waals surface area (Å²) >= 11 is 1.62. The van der Waals surface area contributed by atoms with Crippen molar-refractivity contribution < 1.29 is 22.5 Å². The van der Waals surface area contributed by atoms with Gasteiger partial charge in [-0.1, -0.05) is 115 Å². The van der Waals surface area contributed by atoms with Crippen molar-refractivity contribution in [3.8, 4) is 0 Å². The highest BCUT2D eigenvalue weighted by Gasteiger charge is 2.16. The number of thiazole rings is 1. The van der Waals surface area contributed by atoms with Crippen molar-refractivity contribution >= 4 is 21.2 Å². The molecule has 0 N–H and O–H groups in total. The number of aryl methyl sites for hydroxylation is 1. The van der Waals surface area contributed by atoms with Gasteiger partial charge in [-0.2, -0.15) is 4.57 Å². The Bertz CT molecular complexity index is 679. The number of hydrogen-bond acceptors (Lipinski definition) is 5. The summed E-state index contributed by atoms with van der Waals surface area (Å²) in [6, 6.07) is 0. The normalized spacial score (nSPS) is 12.8. The third kappa shape index (κ3) is 20.5. The number of hydrogen-bond donors (Lipinski definition) is 0. The highest BCUT2D eigenvalue weighted by atomic mass is 32.2. The number of methoxy groups -OCH3 is 1. The van der Waals surface area contributed by atoms with Crippen LogP contribution in [0.3, 0.4) is 0 Å². The van der Waals surface area contributed by atoms with Gasteiger partial charge in [0.25, 0.3) is 0 Å². The van der Waals surface area contributed by atoms with E-state index < -0.39 is 9.84 Å². The maximum Gasteiger partial charge on any atom is 0.224 e. The summed E-state index contributed by atoms with van der Waals surface area (Å²) in [5.41, 5.74) is 2.00. The lowest BCUT2D eigenvalue weighted by Crippen LogP contribution is -2.31. The van der Waals surface area contributed by atoms with E-state index in [1.807, 2.05) is 21.7 Å². The van der Waals surface area contributed by atoms with Gasteiger partial charge in [0.15, 0.2) is 16.0 Å². The molecule has 0 fully saturated rings. The van der Waals surface area contributed by atoms with Gasteiger partial charge in [-0.25, -0.2) is 8.42 Å². The van der Waals surface area contributed by atoms with E-state index in [0.29, 0.717) is 19.4 Å². The summed E-state index contributed by atoms with van der Waals surface area (Å²) in [6.45, 7) is 4.25. The topological polar surface area (TPSA) is 56.5 Å². The lowest BCUT2D eigenvalue weighted by molar-refractivity contribution is -0.692. The Morgan fingerprint density at radius 1 is 0.778 bits per heavy atom. The number of sulfone groups is 1. The molecule has 1 atom stereocenters. The van der Waals surface area contributed by atoms with Crippen LogP contribution in [0.4, 0.5) is 0 Å². The highest BCUT2D eigenvalue weighted by Crippen LogP contribution is 2.14. The van der Waals surface area contributed by atoms with Crippen LogP contribution in [0.1, 0.15) is 122 Å². The van der Waals surface area contributed by atoms with Crippen LogP contribution in [0.25, 0.3) is 0 Å². The minimum atomic E-state index is -3.05. The smallest absolute Gasteiger partial charge is 0.224 e. The molecule has 1 heterocycles. The van der Waals surface area contributed by atoms with Crippen LogP contribution in [-0.2, 0) is 25.9 Å². The van der Waals surface area contributed by atoms with Crippen LogP contribution in [0.5, 0.6) is 0 Å².